The van der Waals surface area contributed by atoms with E-state index in [0.717, 1.165) is 17.7 Å². The third kappa shape index (κ3) is 4.57. The summed E-state index contributed by atoms with van der Waals surface area (Å²) in [6.07, 6.45) is 0.548. The number of hydrogen-bond acceptors (Lipinski definition) is 6. The minimum atomic E-state index is -0.285. The molecule has 0 saturated carbocycles. The lowest BCUT2D eigenvalue weighted by Gasteiger charge is -2.34. The van der Waals surface area contributed by atoms with Crippen molar-refractivity contribution in [1.82, 2.24) is 15.1 Å². The van der Waals surface area contributed by atoms with Gasteiger partial charge in [-0.25, -0.2) is 4.79 Å². The van der Waals surface area contributed by atoms with E-state index < -0.39 is 0 Å². The number of ether oxygens (including phenoxy) is 1. The normalized spacial score (nSPS) is 13.9. The predicted molar refractivity (Wildman–Crippen MR) is 107 cm³/mol. The largest absolute Gasteiger partial charge is 0.450 e. The summed E-state index contributed by atoms with van der Waals surface area (Å²) in [5.74, 6) is 0.404. The Balaban J connectivity index is 1.59. The number of para-hydroxylation sites is 1. The molecule has 148 valence electrons. The number of anilines is 2. The summed E-state index contributed by atoms with van der Waals surface area (Å²) in [5.41, 5.74) is 2.12. The van der Waals surface area contributed by atoms with Gasteiger partial charge in [-0.1, -0.05) is 25.1 Å². The Morgan fingerprint density at radius 2 is 1.79 bits per heavy atom. The number of aryl methyl sites for hydroxylation is 1. The zero-order chi connectivity index (χ0) is 19.9. The molecule has 1 aromatic carbocycles. The minimum Gasteiger partial charge on any atom is -0.450 e. The fraction of sp³-hybridized carbons (Fsp3) is 0.400. The van der Waals surface area contributed by atoms with Gasteiger partial charge in [-0.05, 0) is 37.1 Å². The number of nitrogens with one attached hydrogen (secondary N) is 1. The van der Waals surface area contributed by atoms with Gasteiger partial charge >= 0.3 is 6.09 Å². The number of carbonyl (C=O) groups is 2. The predicted octanol–water partition coefficient (Wildman–Crippen LogP) is 2.57. The molecule has 2 heterocycles. The molecule has 0 radical (unpaired) electrons. The van der Waals surface area contributed by atoms with Crippen molar-refractivity contribution >= 4 is 23.5 Å². The summed E-state index contributed by atoms with van der Waals surface area (Å²) in [6, 6.07) is 11.2. The van der Waals surface area contributed by atoms with E-state index in [1.165, 1.54) is 0 Å². The molecule has 1 aliphatic heterocycles. The van der Waals surface area contributed by atoms with Crippen LogP contribution < -0.4 is 10.2 Å². The average molecular weight is 383 g/mol. The van der Waals surface area contributed by atoms with Crippen LogP contribution in [0.3, 0.4) is 0 Å². The zero-order valence-electron chi connectivity index (χ0n) is 16.2. The lowest BCUT2D eigenvalue weighted by molar-refractivity contribution is 0.101. The van der Waals surface area contributed by atoms with Gasteiger partial charge in [0.2, 0.25) is 0 Å². The van der Waals surface area contributed by atoms with E-state index in [9.17, 15) is 9.59 Å². The van der Waals surface area contributed by atoms with E-state index in [0.29, 0.717) is 38.6 Å². The Bertz CT molecular complexity index is 817. The van der Waals surface area contributed by atoms with Gasteiger partial charge in [0.25, 0.3) is 5.91 Å². The first-order chi connectivity index (χ1) is 13.6. The van der Waals surface area contributed by atoms with E-state index in [2.05, 4.69) is 15.5 Å². The quantitative estimate of drug-likeness (QED) is 0.854. The number of hydrogen-bond donors (Lipinski definition) is 1. The summed E-state index contributed by atoms with van der Waals surface area (Å²) in [6.45, 7) is 6.62. The second-order valence-electron chi connectivity index (χ2n) is 6.41. The van der Waals surface area contributed by atoms with Crippen molar-refractivity contribution < 1.29 is 14.3 Å². The van der Waals surface area contributed by atoms with Crippen LogP contribution >= 0.6 is 0 Å². The Morgan fingerprint density at radius 3 is 2.43 bits per heavy atom. The highest BCUT2D eigenvalue weighted by Crippen LogP contribution is 2.17. The minimum absolute atomic E-state index is 0.264. The summed E-state index contributed by atoms with van der Waals surface area (Å²) >= 11 is 0. The highest BCUT2D eigenvalue weighted by molar-refractivity contribution is 6.03. The van der Waals surface area contributed by atoms with Crippen LogP contribution in [0.25, 0.3) is 0 Å². The number of piperazine rings is 1. The Hall–Kier alpha value is -3.16. The molecule has 1 N–H and O–H groups in total. The summed E-state index contributed by atoms with van der Waals surface area (Å²) < 4.78 is 5.03. The Labute approximate surface area is 164 Å². The molecule has 1 fully saturated rings. The first kappa shape index (κ1) is 19.6. The van der Waals surface area contributed by atoms with Crippen LogP contribution in [0, 0.1) is 0 Å². The SMILES string of the molecule is CCOC(=O)N1CCN(c2ccc(C(=O)Nc3ccccc3CC)nn2)CC1. The molecule has 0 bridgehead atoms. The van der Waals surface area contributed by atoms with Crippen LogP contribution in [0.2, 0.25) is 0 Å². The molecule has 1 aromatic heterocycles. The molecule has 8 heteroatoms. The molecule has 1 saturated heterocycles. The van der Waals surface area contributed by atoms with Crippen LogP contribution in [0.15, 0.2) is 36.4 Å². The van der Waals surface area contributed by atoms with Crippen molar-refractivity contribution in [3.8, 4) is 0 Å². The van der Waals surface area contributed by atoms with Crippen LogP contribution in [0.5, 0.6) is 0 Å². The number of rotatable bonds is 5. The maximum Gasteiger partial charge on any atom is 0.409 e. The van der Waals surface area contributed by atoms with Crippen molar-refractivity contribution in [2.45, 2.75) is 20.3 Å². The van der Waals surface area contributed by atoms with Gasteiger partial charge in [-0.2, -0.15) is 0 Å². The molecule has 2 amide bonds. The first-order valence-corrected chi connectivity index (χ1v) is 9.52. The van der Waals surface area contributed by atoms with Crippen molar-refractivity contribution in [2.75, 3.05) is 43.0 Å². The maximum atomic E-state index is 12.5. The molecule has 3 rings (SSSR count). The Kier molecular flexibility index (Phi) is 6.41. The molecule has 8 nitrogen and oxygen atoms in total. The van der Waals surface area contributed by atoms with Crippen LogP contribution in [0.1, 0.15) is 29.9 Å². The molecule has 0 aliphatic carbocycles. The number of benzene rings is 1. The fourth-order valence-corrected chi connectivity index (χ4v) is 3.08. The third-order valence-corrected chi connectivity index (χ3v) is 4.66. The van der Waals surface area contributed by atoms with E-state index in [4.69, 9.17) is 4.74 Å². The van der Waals surface area contributed by atoms with Gasteiger partial charge in [0, 0.05) is 31.9 Å². The number of aromatic nitrogens is 2. The van der Waals surface area contributed by atoms with Crippen molar-refractivity contribution in [3.05, 3.63) is 47.7 Å². The molecular weight excluding hydrogens is 358 g/mol. The fourth-order valence-electron chi connectivity index (χ4n) is 3.08. The van der Waals surface area contributed by atoms with Gasteiger partial charge in [0.1, 0.15) is 0 Å². The first-order valence-electron chi connectivity index (χ1n) is 9.52. The highest BCUT2D eigenvalue weighted by atomic mass is 16.6. The topological polar surface area (TPSA) is 87.7 Å². The monoisotopic (exact) mass is 383 g/mol. The Morgan fingerprint density at radius 1 is 1.04 bits per heavy atom. The third-order valence-electron chi connectivity index (χ3n) is 4.66. The standard InChI is InChI=1S/C20H25N5O3/c1-3-15-7-5-6-8-16(15)21-19(26)17-9-10-18(23-22-17)24-11-13-25(14-12-24)20(27)28-4-2/h5-10H,3-4,11-14H2,1-2H3,(H,21,26). The van der Waals surface area contributed by atoms with Crippen molar-refractivity contribution in [1.29, 1.82) is 0 Å². The van der Waals surface area contributed by atoms with E-state index in [-0.39, 0.29) is 17.7 Å². The van der Waals surface area contributed by atoms with Crippen LogP contribution in [0.4, 0.5) is 16.3 Å². The average Bonchev–Trinajstić information content (AvgIpc) is 2.74. The van der Waals surface area contributed by atoms with Gasteiger partial charge in [-0.3, -0.25) is 4.79 Å². The van der Waals surface area contributed by atoms with Crippen molar-refractivity contribution in [2.24, 2.45) is 0 Å². The van der Waals surface area contributed by atoms with E-state index in [1.807, 2.05) is 36.1 Å². The van der Waals surface area contributed by atoms with Gasteiger partial charge in [0.05, 0.1) is 6.61 Å². The molecule has 0 spiro atoms. The van der Waals surface area contributed by atoms with E-state index in [1.54, 1.807) is 24.0 Å². The lowest BCUT2D eigenvalue weighted by atomic mass is 10.1. The molecule has 2 aromatic rings. The number of amides is 2. The number of carbonyl (C=O) groups excluding carboxylic acids is 2. The van der Waals surface area contributed by atoms with E-state index >= 15 is 0 Å². The van der Waals surface area contributed by atoms with Crippen LogP contribution in [-0.4, -0.2) is 59.9 Å². The van der Waals surface area contributed by atoms with Gasteiger partial charge in [0.15, 0.2) is 11.5 Å². The lowest BCUT2D eigenvalue weighted by Crippen LogP contribution is -2.49. The summed E-state index contributed by atoms with van der Waals surface area (Å²) in [5, 5.41) is 11.2. The second kappa shape index (κ2) is 9.16. The smallest absolute Gasteiger partial charge is 0.409 e. The molecule has 0 atom stereocenters. The maximum absolute atomic E-state index is 12.5. The highest BCUT2D eigenvalue weighted by Gasteiger charge is 2.23. The number of nitrogens with zero attached hydrogens (tertiary/aromatic N) is 4. The summed E-state index contributed by atoms with van der Waals surface area (Å²) in [4.78, 5) is 28.0. The second-order valence-corrected chi connectivity index (χ2v) is 6.41. The van der Waals surface area contributed by atoms with Crippen molar-refractivity contribution in [3.63, 3.8) is 0 Å². The molecule has 1 aliphatic rings. The zero-order valence-corrected chi connectivity index (χ0v) is 16.2. The van der Waals surface area contributed by atoms with Gasteiger partial charge < -0.3 is 19.9 Å². The molecular formula is C20H25N5O3. The summed E-state index contributed by atoms with van der Waals surface area (Å²) in [7, 11) is 0. The molecule has 28 heavy (non-hydrogen) atoms. The van der Waals surface area contributed by atoms with Crippen LogP contribution in [-0.2, 0) is 11.2 Å². The van der Waals surface area contributed by atoms with Gasteiger partial charge in [-0.15, -0.1) is 10.2 Å². The molecule has 0 unspecified atom stereocenters.